The van der Waals surface area contributed by atoms with Gasteiger partial charge < -0.3 is 15.2 Å². The van der Waals surface area contributed by atoms with Crippen molar-refractivity contribution in [1.29, 1.82) is 0 Å². The lowest BCUT2D eigenvalue weighted by molar-refractivity contribution is 0.183. The first kappa shape index (κ1) is 15.3. The fourth-order valence-corrected chi connectivity index (χ4v) is 2.92. The summed E-state index contributed by atoms with van der Waals surface area (Å²) < 4.78 is 5.32. The first-order chi connectivity index (χ1) is 8.50. The smallest absolute Gasteiger partial charge is 0.132 e. The van der Waals surface area contributed by atoms with E-state index in [1.165, 1.54) is 0 Å². The van der Waals surface area contributed by atoms with Gasteiger partial charge in [-0.1, -0.05) is 26.0 Å². The molecule has 1 aromatic rings. The number of thioether (sulfide) groups is 1. The van der Waals surface area contributed by atoms with E-state index in [0.717, 1.165) is 16.4 Å². The van der Waals surface area contributed by atoms with Gasteiger partial charge in [-0.15, -0.1) is 11.8 Å². The quantitative estimate of drug-likeness (QED) is 0.746. The van der Waals surface area contributed by atoms with Gasteiger partial charge in [-0.25, -0.2) is 0 Å². The van der Waals surface area contributed by atoms with E-state index in [-0.39, 0.29) is 12.1 Å². The summed E-state index contributed by atoms with van der Waals surface area (Å²) in [5.41, 5.74) is -0.278. The van der Waals surface area contributed by atoms with E-state index in [1.807, 2.05) is 31.2 Å². The summed E-state index contributed by atoms with van der Waals surface area (Å²) >= 11 is 1.70. The van der Waals surface area contributed by atoms with Gasteiger partial charge in [0.15, 0.2) is 0 Å². The Bertz CT molecular complexity index is 371. The van der Waals surface area contributed by atoms with Crippen LogP contribution in [-0.4, -0.2) is 36.2 Å². The van der Waals surface area contributed by atoms with Crippen LogP contribution < -0.4 is 10.1 Å². The second-order valence-electron chi connectivity index (χ2n) is 4.96. The zero-order valence-electron chi connectivity index (χ0n) is 11.6. The van der Waals surface area contributed by atoms with Crippen molar-refractivity contribution in [3.63, 3.8) is 0 Å². The average molecular weight is 269 g/mol. The minimum atomic E-state index is -0.278. The number of hydrogen-bond donors (Lipinski definition) is 2. The maximum absolute atomic E-state index is 9.53. The normalized spacial score (nSPS) is 14.6. The van der Waals surface area contributed by atoms with Gasteiger partial charge in [0.25, 0.3) is 0 Å². The van der Waals surface area contributed by atoms with Gasteiger partial charge in [0, 0.05) is 22.2 Å². The van der Waals surface area contributed by atoms with Crippen molar-refractivity contribution in [2.45, 2.75) is 37.2 Å². The molecule has 18 heavy (non-hydrogen) atoms. The van der Waals surface area contributed by atoms with E-state index in [1.54, 1.807) is 18.9 Å². The van der Waals surface area contributed by atoms with Crippen molar-refractivity contribution in [3.8, 4) is 5.75 Å². The number of aliphatic hydroxyl groups excluding tert-OH is 1. The van der Waals surface area contributed by atoms with E-state index in [4.69, 9.17) is 4.74 Å². The summed E-state index contributed by atoms with van der Waals surface area (Å²) in [4.78, 5) is 1.10. The summed E-state index contributed by atoms with van der Waals surface area (Å²) in [5, 5.41) is 12.9. The Morgan fingerprint density at radius 2 is 2.06 bits per heavy atom. The van der Waals surface area contributed by atoms with Crippen molar-refractivity contribution >= 4 is 11.8 Å². The topological polar surface area (TPSA) is 41.5 Å². The average Bonchev–Trinajstić information content (AvgIpc) is 2.36. The Labute approximate surface area is 114 Å². The van der Waals surface area contributed by atoms with Crippen molar-refractivity contribution in [1.82, 2.24) is 5.32 Å². The van der Waals surface area contributed by atoms with Gasteiger partial charge in [-0.2, -0.15) is 0 Å². The summed E-state index contributed by atoms with van der Waals surface area (Å²) in [5.74, 6) is 1.68. The second-order valence-corrected chi connectivity index (χ2v) is 5.97. The molecule has 0 radical (unpaired) electrons. The third-order valence-electron chi connectivity index (χ3n) is 2.60. The van der Waals surface area contributed by atoms with Crippen LogP contribution in [0.25, 0.3) is 0 Å². The molecule has 0 aliphatic rings. The Morgan fingerprint density at radius 3 is 2.61 bits per heavy atom. The number of para-hydroxylation sites is 1. The van der Waals surface area contributed by atoms with Crippen molar-refractivity contribution in [2.75, 3.05) is 19.5 Å². The molecule has 0 aliphatic carbocycles. The predicted octanol–water partition coefficient (Wildman–Crippen LogP) is 2.54. The van der Waals surface area contributed by atoms with Gasteiger partial charge in [0.2, 0.25) is 0 Å². The third-order valence-corrected chi connectivity index (χ3v) is 4.03. The number of nitrogens with one attached hydrogen (secondary N) is 1. The van der Waals surface area contributed by atoms with E-state index >= 15 is 0 Å². The fraction of sp³-hybridized carbons (Fsp3) is 0.571. The largest absolute Gasteiger partial charge is 0.496 e. The summed E-state index contributed by atoms with van der Waals surface area (Å²) in [7, 11) is 1.68. The lowest BCUT2D eigenvalue weighted by Crippen LogP contribution is -2.51. The fourth-order valence-electron chi connectivity index (χ4n) is 1.80. The van der Waals surface area contributed by atoms with Crippen molar-refractivity contribution < 1.29 is 9.84 Å². The number of hydrogen-bond acceptors (Lipinski definition) is 4. The van der Waals surface area contributed by atoms with Gasteiger partial charge >= 0.3 is 0 Å². The minimum Gasteiger partial charge on any atom is -0.496 e. The lowest BCUT2D eigenvalue weighted by Gasteiger charge is -2.31. The van der Waals surface area contributed by atoms with Crippen LogP contribution in [0.5, 0.6) is 5.75 Å². The van der Waals surface area contributed by atoms with Crippen LogP contribution in [0.4, 0.5) is 0 Å². The molecule has 1 aromatic carbocycles. The van der Waals surface area contributed by atoms with Crippen molar-refractivity contribution in [3.05, 3.63) is 24.3 Å². The van der Waals surface area contributed by atoms with Gasteiger partial charge in [0.05, 0.1) is 13.7 Å². The zero-order valence-corrected chi connectivity index (χ0v) is 12.4. The Balaban J connectivity index is 2.67. The molecule has 3 nitrogen and oxygen atoms in total. The monoisotopic (exact) mass is 269 g/mol. The highest BCUT2D eigenvalue weighted by Crippen LogP contribution is 2.30. The molecule has 0 bridgehead atoms. The van der Waals surface area contributed by atoms with Crippen LogP contribution in [-0.2, 0) is 0 Å². The number of ether oxygens (including phenoxy) is 1. The van der Waals surface area contributed by atoms with Crippen LogP contribution in [0.2, 0.25) is 0 Å². The van der Waals surface area contributed by atoms with Gasteiger partial charge in [-0.3, -0.25) is 0 Å². The number of rotatable bonds is 7. The Hall–Kier alpha value is -0.710. The van der Waals surface area contributed by atoms with E-state index in [9.17, 15) is 5.11 Å². The number of aliphatic hydroxyl groups is 1. The van der Waals surface area contributed by atoms with E-state index in [2.05, 4.69) is 19.2 Å². The molecule has 0 aliphatic heterocycles. The SMILES string of the molecule is COc1ccccc1SCC(C)(CO)NC(C)C. The lowest BCUT2D eigenvalue weighted by atomic mass is 10.1. The minimum absolute atomic E-state index is 0.118. The molecule has 1 rings (SSSR count). The predicted molar refractivity (Wildman–Crippen MR) is 77.5 cm³/mol. The molecule has 0 saturated heterocycles. The van der Waals surface area contributed by atoms with Crippen LogP contribution in [0.1, 0.15) is 20.8 Å². The molecular formula is C14H23NO2S. The van der Waals surface area contributed by atoms with Crippen molar-refractivity contribution in [2.24, 2.45) is 0 Å². The summed E-state index contributed by atoms with van der Waals surface area (Å²) in [6, 6.07) is 8.29. The molecule has 0 amide bonds. The molecule has 0 heterocycles. The maximum Gasteiger partial charge on any atom is 0.132 e. The van der Waals surface area contributed by atoms with Crippen LogP contribution in [0.15, 0.2) is 29.2 Å². The third kappa shape index (κ3) is 4.52. The molecule has 0 spiro atoms. The Morgan fingerprint density at radius 1 is 1.39 bits per heavy atom. The molecular weight excluding hydrogens is 246 g/mol. The van der Waals surface area contributed by atoms with Gasteiger partial charge in [0.1, 0.15) is 5.75 Å². The summed E-state index contributed by atoms with van der Waals surface area (Å²) in [6.07, 6.45) is 0. The van der Waals surface area contributed by atoms with E-state index in [0.29, 0.717) is 6.04 Å². The van der Waals surface area contributed by atoms with Gasteiger partial charge in [-0.05, 0) is 19.1 Å². The molecule has 4 heteroatoms. The van der Waals surface area contributed by atoms with Crippen LogP contribution >= 0.6 is 11.8 Å². The van der Waals surface area contributed by atoms with Crippen LogP contribution in [0, 0.1) is 0 Å². The second kappa shape index (κ2) is 7.02. The molecule has 0 saturated carbocycles. The highest BCUT2D eigenvalue weighted by molar-refractivity contribution is 7.99. The molecule has 2 N–H and O–H groups in total. The molecule has 1 atom stereocenters. The maximum atomic E-state index is 9.53. The van der Waals surface area contributed by atoms with E-state index < -0.39 is 0 Å². The number of benzene rings is 1. The molecule has 0 aromatic heterocycles. The molecule has 1 unspecified atom stereocenters. The highest BCUT2D eigenvalue weighted by Gasteiger charge is 2.24. The molecule has 0 fully saturated rings. The highest BCUT2D eigenvalue weighted by atomic mass is 32.2. The van der Waals surface area contributed by atoms with Crippen LogP contribution in [0.3, 0.4) is 0 Å². The zero-order chi connectivity index (χ0) is 13.6. The molecule has 102 valence electrons. The summed E-state index contributed by atoms with van der Waals surface area (Å²) in [6.45, 7) is 6.33. The Kier molecular flexibility index (Phi) is 5.99. The number of methoxy groups -OCH3 is 1. The first-order valence-electron chi connectivity index (χ1n) is 6.15. The standard InChI is InChI=1S/C14H23NO2S/c1-11(2)15-14(3,9-16)10-18-13-8-6-5-7-12(13)17-4/h5-8,11,15-16H,9-10H2,1-4H3. The first-order valence-corrected chi connectivity index (χ1v) is 7.13.